The fourth-order valence-corrected chi connectivity index (χ4v) is 2.98. The van der Waals surface area contributed by atoms with Crippen LogP contribution in [0.15, 0.2) is 30.3 Å². The monoisotopic (exact) mass is 333 g/mol. The van der Waals surface area contributed by atoms with E-state index in [0.29, 0.717) is 25.6 Å². The molecule has 0 aromatic heterocycles. The molecule has 1 heterocycles. The Bertz CT molecular complexity index is 459. The maximum atomic E-state index is 11.4. The zero-order valence-corrected chi connectivity index (χ0v) is 14.6. The van der Waals surface area contributed by atoms with Gasteiger partial charge in [0.25, 0.3) is 0 Å². The molecule has 1 fully saturated rings. The smallest absolute Gasteiger partial charge is 0.220 e. The molecule has 1 aliphatic rings. The molecule has 1 aromatic rings. The number of piperidine rings is 1. The molecule has 3 N–H and O–H groups in total. The van der Waals surface area contributed by atoms with Gasteiger partial charge in [-0.15, -0.1) is 0 Å². The Labute approximate surface area is 145 Å². The first kappa shape index (κ1) is 18.9. The van der Waals surface area contributed by atoms with E-state index in [9.17, 15) is 4.79 Å². The van der Waals surface area contributed by atoms with Gasteiger partial charge in [-0.05, 0) is 37.8 Å². The molecular formula is C19H31N3O2. The van der Waals surface area contributed by atoms with E-state index in [1.54, 1.807) is 0 Å². The predicted octanol–water partition coefficient (Wildman–Crippen LogP) is 1.91. The van der Waals surface area contributed by atoms with Crippen LogP contribution in [0.4, 0.5) is 0 Å². The number of carbonyl (C=O) groups is 1. The number of ether oxygens (including phenoxy) is 1. The topological polar surface area (TPSA) is 67.6 Å². The van der Waals surface area contributed by atoms with E-state index in [2.05, 4.69) is 40.5 Å². The molecule has 0 radical (unpaired) electrons. The van der Waals surface area contributed by atoms with Crippen LogP contribution in [0, 0.1) is 0 Å². The van der Waals surface area contributed by atoms with Gasteiger partial charge in [-0.2, -0.15) is 0 Å². The van der Waals surface area contributed by atoms with Crippen molar-refractivity contribution >= 4 is 5.91 Å². The highest BCUT2D eigenvalue weighted by Gasteiger charge is 2.19. The highest BCUT2D eigenvalue weighted by Crippen LogP contribution is 2.16. The zero-order valence-electron chi connectivity index (χ0n) is 14.6. The molecular weight excluding hydrogens is 302 g/mol. The first-order chi connectivity index (χ1) is 11.8. The van der Waals surface area contributed by atoms with Gasteiger partial charge in [0.05, 0.1) is 6.10 Å². The van der Waals surface area contributed by atoms with Crippen LogP contribution in [0.25, 0.3) is 0 Å². The summed E-state index contributed by atoms with van der Waals surface area (Å²) < 4.78 is 5.95. The SMILES string of the molecule is NCCCC(=O)NCCCOC1CCN(Cc2ccccc2)CC1. The van der Waals surface area contributed by atoms with Crippen LogP contribution in [0.1, 0.15) is 37.7 Å². The highest BCUT2D eigenvalue weighted by molar-refractivity contribution is 5.75. The van der Waals surface area contributed by atoms with E-state index in [1.807, 2.05) is 0 Å². The third kappa shape index (κ3) is 7.43. The van der Waals surface area contributed by atoms with Crippen molar-refractivity contribution in [3.8, 4) is 0 Å². The first-order valence-corrected chi connectivity index (χ1v) is 9.12. The highest BCUT2D eigenvalue weighted by atomic mass is 16.5. The minimum Gasteiger partial charge on any atom is -0.378 e. The molecule has 5 heteroatoms. The van der Waals surface area contributed by atoms with Gasteiger partial charge in [-0.25, -0.2) is 0 Å². The second-order valence-electron chi connectivity index (χ2n) is 6.43. The van der Waals surface area contributed by atoms with Gasteiger partial charge < -0.3 is 15.8 Å². The number of hydrogen-bond acceptors (Lipinski definition) is 4. The van der Waals surface area contributed by atoms with Crippen LogP contribution in [-0.4, -0.2) is 49.7 Å². The Kier molecular flexibility index (Phi) is 8.81. The number of nitrogens with zero attached hydrogens (tertiary/aromatic N) is 1. The maximum absolute atomic E-state index is 11.4. The first-order valence-electron chi connectivity index (χ1n) is 9.12. The number of amides is 1. The molecule has 0 saturated carbocycles. The van der Waals surface area contributed by atoms with E-state index in [1.165, 1.54) is 5.56 Å². The van der Waals surface area contributed by atoms with Gasteiger partial charge in [0.15, 0.2) is 0 Å². The lowest BCUT2D eigenvalue weighted by Gasteiger charge is -2.32. The van der Waals surface area contributed by atoms with Crippen molar-refractivity contribution in [2.45, 2.75) is 44.8 Å². The number of nitrogens with two attached hydrogens (primary N) is 1. The van der Waals surface area contributed by atoms with Crippen molar-refractivity contribution in [1.29, 1.82) is 0 Å². The standard InChI is InChI=1S/C19H31N3O2/c20-11-4-8-19(23)21-12-5-15-24-18-9-13-22(14-10-18)16-17-6-2-1-3-7-17/h1-3,6-7,18H,4-5,8-16,20H2,(H,21,23). The summed E-state index contributed by atoms with van der Waals surface area (Å²) in [5.41, 5.74) is 6.76. The Morgan fingerprint density at radius 3 is 2.67 bits per heavy atom. The second kappa shape index (κ2) is 11.2. The van der Waals surface area contributed by atoms with Crippen LogP contribution in [0.5, 0.6) is 0 Å². The average Bonchev–Trinajstić information content (AvgIpc) is 2.62. The summed E-state index contributed by atoms with van der Waals surface area (Å²) in [6, 6.07) is 10.6. The lowest BCUT2D eigenvalue weighted by molar-refractivity contribution is -0.121. The Morgan fingerprint density at radius 1 is 1.21 bits per heavy atom. The Balaban J connectivity index is 1.50. The summed E-state index contributed by atoms with van der Waals surface area (Å²) in [6.07, 6.45) is 4.70. The van der Waals surface area contributed by atoms with Crippen molar-refractivity contribution in [3.05, 3.63) is 35.9 Å². The van der Waals surface area contributed by atoms with Crippen molar-refractivity contribution in [3.63, 3.8) is 0 Å². The normalized spacial score (nSPS) is 16.2. The molecule has 0 atom stereocenters. The van der Waals surface area contributed by atoms with E-state index in [-0.39, 0.29) is 5.91 Å². The second-order valence-corrected chi connectivity index (χ2v) is 6.43. The van der Waals surface area contributed by atoms with E-state index in [0.717, 1.165) is 51.9 Å². The predicted molar refractivity (Wildman–Crippen MR) is 96.6 cm³/mol. The molecule has 0 bridgehead atoms. The molecule has 0 aliphatic carbocycles. The van der Waals surface area contributed by atoms with Gasteiger partial charge in [-0.3, -0.25) is 9.69 Å². The van der Waals surface area contributed by atoms with Crippen molar-refractivity contribution in [2.75, 3.05) is 32.8 Å². The van der Waals surface area contributed by atoms with Crippen LogP contribution in [-0.2, 0) is 16.1 Å². The third-order valence-electron chi connectivity index (χ3n) is 4.39. The van der Waals surface area contributed by atoms with Crippen molar-refractivity contribution < 1.29 is 9.53 Å². The van der Waals surface area contributed by atoms with Crippen LogP contribution < -0.4 is 11.1 Å². The number of carbonyl (C=O) groups excluding carboxylic acids is 1. The molecule has 134 valence electrons. The molecule has 0 spiro atoms. The lowest BCUT2D eigenvalue weighted by atomic mass is 10.1. The molecule has 1 amide bonds. The summed E-state index contributed by atoms with van der Waals surface area (Å²) in [5.74, 6) is 0.0923. The number of likely N-dealkylation sites (tertiary alicyclic amines) is 1. The lowest BCUT2D eigenvalue weighted by Crippen LogP contribution is -2.36. The Morgan fingerprint density at radius 2 is 1.96 bits per heavy atom. The molecule has 2 rings (SSSR count). The van der Waals surface area contributed by atoms with Crippen LogP contribution in [0.2, 0.25) is 0 Å². The minimum atomic E-state index is 0.0923. The fraction of sp³-hybridized carbons (Fsp3) is 0.632. The van der Waals surface area contributed by atoms with E-state index >= 15 is 0 Å². The van der Waals surface area contributed by atoms with Crippen LogP contribution >= 0.6 is 0 Å². The zero-order chi connectivity index (χ0) is 17.0. The average molecular weight is 333 g/mol. The number of benzene rings is 1. The number of nitrogens with one attached hydrogen (secondary N) is 1. The molecule has 5 nitrogen and oxygen atoms in total. The number of hydrogen-bond donors (Lipinski definition) is 2. The molecule has 1 aromatic carbocycles. The summed E-state index contributed by atoms with van der Waals surface area (Å²) in [6.45, 7) is 5.20. The van der Waals surface area contributed by atoms with E-state index < -0.39 is 0 Å². The van der Waals surface area contributed by atoms with Gasteiger partial charge in [0, 0.05) is 39.2 Å². The maximum Gasteiger partial charge on any atom is 0.220 e. The third-order valence-corrected chi connectivity index (χ3v) is 4.39. The van der Waals surface area contributed by atoms with Gasteiger partial charge in [0.2, 0.25) is 5.91 Å². The number of rotatable bonds is 10. The molecule has 1 saturated heterocycles. The Hall–Kier alpha value is -1.43. The van der Waals surface area contributed by atoms with Gasteiger partial charge in [0.1, 0.15) is 0 Å². The summed E-state index contributed by atoms with van der Waals surface area (Å²) in [4.78, 5) is 13.9. The van der Waals surface area contributed by atoms with Crippen LogP contribution in [0.3, 0.4) is 0 Å². The van der Waals surface area contributed by atoms with Crippen molar-refractivity contribution in [2.24, 2.45) is 5.73 Å². The molecule has 0 unspecified atom stereocenters. The van der Waals surface area contributed by atoms with E-state index in [4.69, 9.17) is 10.5 Å². The van der Waals surface area contributed by atoms with Crippen molar-refractivity contribution in [1.82, 2.24) is 10.2 Å². The summed E-state index contributed by atoms with van der Waals surface area (Å²) in [5, 5.41) is 2.91. The quantitative estimate of drug-likeness (QED) is 0.642. The van der Waals surface area contributed by atoms with Gasteiger partial charge in [-0.1, -0.05) is 30.3 Å². The minimum absolute atomic E-state index is 0.0923. The van der Waals surface area contributed by atoms with Gasteiger partial charge >= 0.3 is 0 Å². The molecule has 24 heavy (non-hydrogen) atoms. The molecule has 1 aliphatic heterocycles. The summed E-state index contributed by atoms with van der Waals surface area (Å²) in [7, 11) is 0. The summed E-state index contributed by atoms with van der Waals surface area (Å²) >= 11 is 0. The largest absolute Gasteiger partial charge is 0.378 e. The fourth-order valence-electron chi connectivity index (χ4n) is 2.98.